The van der Waals surface area contributed by atoms with Crippen LogP contribution in [0.3, 0.4) is 0 Å². The number of aliphatic hydroxyl groups excluding tert-OH is 1. The van der Waals surface area contributed by atoms with Crippen molar-refractivity contribution in [1.29, 1.82) is 0 Å². The minimum absolute atomic E-state index is 0.0654. The number of aliphatic hydroxyl groups is 1. The number of furan rings is 1. The molecule has 1 aliphatic carbocycles. The van der Waals surface area contributed by atoms with Crippen molar-refractivity contribution in [2.45, 2.75) is 68.0 Å². The molecule has 1 aromatic heterocycles. The van der Waals surface area contributed by atoms with Gasteiger partial charge in [0.2, 0.25) is 5.76 Å². The minimum atomic E-state index is -0.900. The SMILES string of the molecule is CCCC(OC)c1ccc(SC[C@H]2C(Cl)CC(F)[C@@H]2CCCc2ccc(C(=O)OCCO)o2)cc1. The first-order chi connectivity index (χ1) is 17.0. The summed E-state index contributed by atoms with van der Waals surface area (Å²) in [6.07, 6.45) is 3.75. The van der Waals surface area contributed by atoms with Crippen LogP contribution in [0.2, 0.25) is 0 Å². The topological polar surface area (TPSA) is 68.9 Å². The zero-order chi connectivity index (χ0) is 25.2. The summed E-state index contributed by atoms with van der Waals surface area (Å²) < 4.78 is 30.8. The molecule has 3 rings (SSSR count). The van der Waals surface area contributed by atoms with Crippen LogP contribution < -0.4 is 0 Å². The lowest BCUT2D eigenvalue weighted by molar-refractivity contribution is 0.0397. The van der Waals surface area contributed by atoms with Gasteiger partial charge in [0.05, 0.1) is 12.7 Å². The molecule has 194 valence electrons. The van der Waals surface area contributed by atoms with Gasteiger partial charge in [0, 0.05) is 29.6 Å². The number of alkyl halides is 2. The molecule has 1 aromatic carbocycles. The molecular formula is C27H36ClFO5S. The van der Waals surface area contributed by atoms with Crippen LogP contribution in [0.1, 0.15) is 67.0 Å². The number of ether oxygens (including phenoxy) is 2. The van der Waals surface area contributed by atoms with Gasteiger partial charge in [0.15, 0.2) is 0 Å². The summed E-state index contributed by atoms with van der Waals surface area (Å²) in [5, 5.41) is 8.59. The number of benzene rings is 1. The molecule has 1 heterocycles. The third-order valence-corrected chi connectivity index (χ3v) is 8.27. The van der Waals surface area contributed by atoms with Crippen LogP contribution in [0.4, 0.5) is 4.39 Å². The van der Waals surface area contributed by atoms with Gasteiger partial charge in [-0.25, -0.2) is 9.18 Å². The van der Waals surface area contributed by atoms with E-state index in [1.54, 1.807) is 31.0 Å². The fraction of sp³-hybridized carbons (Fsp3) is 0.593. The van der Waals surface area contributed by atoms with Gasteiger partial charge in [0.25, 0.3) is 0 Å². The molecule has 1 N–H and O–H groups in total. The number of carbonyl (C=O) groups is 1. The van der Waals surface area contributed by atoms with Crippen molar-refractivity contribution in [1.82, 2.24) is 0 Å². The first-order valence-corrected chi connectivity index (χ1v) is 13.8. The van der Waals surface area contributed by atoms with Crippen molar-refractivity contribution < 1.29 is 28.2 Å². The Hall–Kier alpha value is -1.54. The molecule has 0 aliphatic heterocycles. The number of carbonyl (C=O) groups excluding carboxylic acids is 1. The molecule has 0 radical (unpaired) electrons. The highest BCUT2D eigenvalue weighted by atomic mass is 35.5. The summed E-state index contributed by atoms with van der Waals surface area (Å²) in [6, 6.07) is 11.8. The van der Waals surface area contributed by atoms with Crippen molar-refractivity contribution in [3.63, 3.8) is 0 Å². The summed E-state index contributed by atoms with van der Waals surface area (Å²) >= 11 is 8.30. The molecule has 0 bridgehead atoms. The summed E-state index contributed by atoms with van der Waals surface area (Å²) in [4.78, 5) is 13.0. The lowest BCUT2D eigenvalue weighted by Crippen LogP contribution is -2.21. The number of hydrogen-bond donors (Lipinski definition) is 1. The van der Waals surface area contributed by atoms with Gasteiger partial charge in [-0.3, -0.25) is 0 Å². The number of methoxy groups -OCH3 is 1. The average Bonchev–Trinajstić information content (AvgIpc) is 3.44. The largest absolute Gasteiger partial charge is 0.457 e. The molecule has 8 heteroatoms. The predicted octanol–water partition coefficient (Wildman–Crippen LogP) is 6.61. The Kier molecular flexibility index (Phi) is 11.4. The van der Waals surface area contributed by atoms with Gasteiger partial charge < -0.3 is 19.0 Å². The average molecular weight is 527 g/mol. The van der Waals surface area contributed by atoms with E-state index in [4.69, 9.17) is 30.6 Å². The second-order valence-electron chi connectivity index (χ2n) is 9.01. The number of aryl methyl sites for hydroxylation is 1. The smallest absolute Gasteiger partial charge is 0.374 e. The van der Waals surface area contributed by atoms with Gasteiger partial charge in [0.1, 0.15) is 18.5 Å². The quantitative estimate of drug-likeness (QED) is 0.170. The monoisotopic (exact) mass is 526 g/mol. The maximum atomic E-state index is 14.8. The fourth-order valence-corrected chi connectivity index (χ4v) is 6.47. The van der Waals surface area contributed by atoms with E-state index in [1.165, 1.54) is 5.56 Å². The molecule has 3 unspecified atom stereocenters. The summed E-state index contributed by atoms with van der Waals surface area (Å²) in [6.45, 7) is 1.85. The number of esters is 1. The Morgan fingerprint density at radius 1 is 1.26 bits per heavy atom. The Bertz CT molecular complexity index is 905. The van der Waals surface area contributed by atoms with E-state index in [-0.39, 0.29) is 42.3 Å². The zero-order valence-electron chi connectivity index (χ0n) is 20.5. The highest BCUT2D eigenvalue weighted by molar-refractivity contribution is 7.99. The van der Waals surface area contributed by atoms with E-state index in [0.717, 1.165) is 29.9 Å². The van der Waals surface area contributed by atoms with Gasteiger partial charge >= 0.3 is 5.97 Å². The van der Waals surface area contributed by atoms with Crippen molar-refractivity contribution in [2.24, 2.45) is 11.8 Å². The maximum Gasteiger partial charge on any atom is 0.374 e. The zero-order valence-corrected chi connectivity index (χ0v) is 22.0. The predicted molar refractivity (Wildman–Crippen MR) is 137 cm³/mol. The van der Waals surface area contributed by atoms with E-state index in [0.29, 0.717) is 25.0 Å². The highest BCUT2D eigenvalue weighted by Gasteiger charge is 2.42. The second kappa shape index (κ2) is 14.3. The molecule has 2 aromatic rings. The number of hydrogen-bond acceptors (Lipinski definition) is 6. The van der Waals surface area contributed by atoms with Crippen molar-refractivity contribution in [2.75, 3.05) is 26.1 Å². The summed E-state index contributed by atoms with van der Waals surface area (Å²) in [7, 11) is 1.75. The van der Waals surface area contributed by atoms with Crippen molar-refractivity contribution in [3.8, 4) is 0 Å². The summed E-state index contributed by atoms with van der Waals surface area (Å²) in [5.41, 5.74) is 1.18. The molecule has 0 saturated heterocycles. The highest BCUT2D eigenvalue weighted by Crippen LogP contribution is 2.43. The number of rotatable bonds is 14. The Morgan fingerprint density at radius 2 is 2.03 bits per heavy atom. The number of thioether (sulfide) groups is 1. The molecule has 0 spiro atoms. The van der Waals surface area contributed by atoms with Crippen LogP contribution in [-0.4, -0.2) is 48.7 Å². The minimum Gasteiger partial charge on any atom is -0.457 e. The van der Waals surface area contributed by atoms with Gasteiger partial charge in [-0.05, 0) is 67.3 Å². The Labute approximate surface area is 216 Å². The third-order valence-electron chi connectivity index (χ3n) is 6.61. The lowest BCUT2D eigenvalue weighted by Gasteiger charge is -2.22. The van der Waals surface area contributed by atoms with E-state index in [9.17, 15) is 9.18 Å². The molecule has 35 heavy (non-hydrogen) atoms. The van der Waals surface area contributed by atoms with Crippen LogP contribution in [0.15, 0.2) is 45.7 Å². The fourth-order valence-electron chi connectivity index (χ4n) is 4.72. The normalized spacial score (nSPS) is 22.9. The van der Waals surface area contributed by atoms with Crippen LogP contribution in [0, 0.1) is 11.8 Å². The van der Waals surface area contributed by atoms with Gasteiger partial charge in [-0.2, -0.15) is 0 Å². The maximum absolute atomic E-state index is 14.8. The van der Waals surface area contributed by atoms with Crippen LogP contribution in [-0.2, 0) is 15.9 Å². The van der Waals surface area contributed by atoms with Crippen LogP contribution in [0.25, 0.3) is 0 Å². The van der Waals surface area contributed by atoms with Crippen LogP contribution in [0.5, 0.6) is 0 Å². The summed E-state index contributed by atoms with van der Waals surface area (Å²) in [5.74, 6) is 0.983. The number of halogens is 2. The van der Waals surface area contributed by atoms with Crippen molar-refractivity contribution >= 4 is 29.3 Å². The second-order valence-corrected chi connectivity index (χ2v) is 10.7. The first kappa shape index (κ1) is 28.0. The van der Waals surface area contributed by atoms with Crippen LogP contribution >= 0.6 is 23.4 Å². The van der Waals surface area contributed by atoms with E-state index in [2.05, 4.69) is 31.2 Å². The molecule has 1 fully saturated rings. The lowest BCUT2D eigenvalue weighted by atomic mass is 9.91. The molecule has 5 nitrogen and oxygen atoms in total. The molecule has 0 amide bonds. The third kappa shape index (κ3) is 7.97. The Balaban J connectivity index is 1.50. The van der Waals surface area contributed by atoms with E-state index in [1.807, 2.05) is 0 Å². The molecular weight excluding hydrogens is 491 g/mol. The van der Waals surface area contributed by atoms with E-state index < -0.39 is 12.1 Å². The standard InChI is InChI=1S/C27H36ClFO5S/c1-3-5-25(32-2)18-8-11-20(12-9-18)35-17-22-21(24(29)16-23(22)28)7-4-6-19-10-13-26(34-19)27(31)33-15-14-30/h8-13,21-25,30H,3-7,14-17H2,1-2H3/t21-,22-,23?,24?,25?/m1/s1. The van der Waals surface area contributed by atoms with Gasteiger partial charge in [-0.15, -0.1) is 23.4 Å². The molecule has 1 saturated carbocycles. The van der Waals surface area contributed by atoms with Gasteiger partial charge in [-0.1, -0.05) is 25.5 Å². The van der Waals surface area contributed by atoms with E-state index >= 15 is 0 Å². The Morgan fingerprint density at radius 3 is 2.71 bits per heavy atom. The molecule has 1 aliphatic rings. The first-order valence-electron chi connectivity index (χ1n) is 12.4. The molecule has 5 atom stereocenters. The van der Waals surface area contributed by atoms with Crippen molar-refractivity contribution in [3.05, 3.63) is 53.5 Å².